The summed E-state index contributed by atoms with van der Waals surface area (Å²) in [7, 11) is 0. The fraction of sp³-hybridized carbons (Fsp3) is 0.310. The molecule has 1 N–H and O–H groups in total. The number of hydrogen-bond acceptors (Lipinski definition) is 4. The Hall–Kier alpha value is -3.40. The number of hydrogen-bond donors (Lipinski definition) is 1. The molecule has 0 bridgehead atoms. The van der Waals surface area contributed by atoms with E-state index in [2.05, 4.69) is 61.9 Å². The number of aliphatic hydroxyl groups is 1. The quantitative estimate of drug-likeness (QED) is 0.543. The van der Waals surface area contributed by atoms with Crippen LogP contribution in [0.5, 0.6) is 0 Å². The van der Waals surface area contributed by atoms with Crippen molar-refractivity contribution in [2.24, 2.45) is 10.9 Å². The summed E-state index contributed by atoms with van der Waals surface area (Å²) in [5.41, 5.74) is 7.27. The highest BCUT2D eigenvalue weighted by molar-refractivity contribution is 6.38. The Kier molecular flexibility index (Phi) is 4.93. The van der Waals surface area contributed by atoms with E-state index in [9.17, 15) is 9.90 Å². The fourth-order valence-electron chi connectivity index (χ4n) is 5.18. The third-order valence-electron chi connectivity index (χ3n) is 7.05. The molecule has 5 rings (SSSR count). The summed E-state index contributed by atoms with van der Waals surface area (Å²) in [5.74, 6) is 0.530. The van der Waals surface area contributed by atoms with E-state index in [1.54, 1.807) is 0 Å². The summed E-state index contributed by atoms with van der Waals surface area (Å²) >= 11 is 0. The number of anilines is 1. The zero-order valence-corrected chi connectivity index (χ0v) is 19.9. The minimum Gasteiger partial charge on any atom is -0.506 e. The van der Waals surface area contributed by atoms with Crippen molar-refractivity contribution in [1.82, 2.24) is 0 Å². The van der Waals surface area contributed by atoms with Crippen LogP contribution in [0.3, 0.4) is 0 Å². The second kappa shape index (κ2) is 7.58. The van der Waals surface area contributed by atoms with E-state index < -0.39 is 0 Å². The third kappa shape index (κ3) is 3.19. The standard InChI is InChI=1S/C29H30N2O2/c1-17(2)14-15-31-23-13-9-7-11-21(23)29(4,5)24(31)16-20-27(32)26(28(20)33)25-18(3)30-22-12-8-6-10-19(22)25/h6-13,16-17,32H,14-15H2,1-5H3. The number of rotatable bonds is 4. The van der Waals surface area contributed by atoms with Crippen molar-refractivity contribution in [3.63, 3.8) is 0 Å². The molecule has 2 aliphatic heterocycles. The monoisotopic (exact) mass is 438 g/mol. The second-order valence-electron chi connectivity index (χ2n) is 10.1. The number of fused-ring (bicyclic) bond motifs is 2. The summed E-state index contributed by atoms with van der Waals surface area (Å²) in [6.07, 6.45) is 2.96. The van der Waals surface area contributed by atoms with Crippen molar-refractivity contribution in [2.45, 2.75) is 46.5 Å². The first kappa shape index (κ1) is 21.4. The molecule has 0 unspecified atom stereocenters. The summed E-state index contributed by atoms with van der Waals surface area (Å²) in [5, 5.41) is 11.1. The van der Waals surface area contributed by atoms with Gasteiger partial charge in [0.1, 0.15) is 5.76 Å². The number of para-hydroxylation sites is 2. The van der Waals surface area contributed by atoms with Crippen LogP contribution in [0, 0.1) is 5.92 Å². The molecule has 0 radical (unpaired) electrons. The van der Waals surface area contributed by atoms with Gasteiger partial charge in [0, 0.05) is 40.2 Å². The van der Waals surface area contributed by atoms with Crippen LogP contribution in [-0.2, 0) is 10.2 Å². The van der Waals surface area contributed by atoms with Crippen LogP contribution in [0.2, 0.25) is 0 Å². The normalized spacial score (nSPS) is 22.1. The maximum absolute atomic E-state index is 13.4. The number of aliphatic imine (C=N–C) groups is 1. The molecule has 3 aliphatic rings. The van der Waals surface area contributed by atoms with Crippen molar-refractivity contribution in [1.29, 1.82) is 0 Å². The molecule has 4 heteroatoms. The molecule has 1 aliphatic carbocycles. The fourth-order valence-corrected chi connectivity index (χ4v) is 5.18. The van der Waals surface area contributed by atoms with Crippen molar-refractivity contribution >= 4 is 28.4 Å². The van der Waals surface area contributed by atoms with Gasteiger partial charge >= 0.3 is 0 Å². The SMILES string of the molecule is CC1=Nc2ccccc2C1=C1C(=O)C(C=C2N(CCC(C)C)c3ccccc3C2(C)C)=C1O. The summed E-state index contributed by atoms with van der Waals surface area (Å²) < 4.78 is 0. The lowest BCUT2D eigenvalue weighted by atomic mass is 9.78. The van der Waals surface area contributed by atoms with Crippen LogP contribution in [-0.4, -0.2) is 23.1 Å². The zero-order chi connectivity index (χ0) is 23.5. The second-order valence-corrected chi connectivity index (χ2v) is 10.1. The van der Waals surface area contributed by atoms with Gasteiger partial charge in [0.15, 0.2) is 0 Å². The van der Waals surface area contributed by atoms with E-state index in [0.29, 0.717) is 17.1 Å². The molecule has 0 saturated heterocycles. The largest absolute Gasteiger partial charge is 0.506 e. The van der Waals surface area contributed by atoms with Gasteiger partial charge < -0.3 is 10.0 Å². The number of aliphatic hydroxyl groups excluding tert-OH is 1. The Labute approximate surface area is 195 Å². The average molecular weight is 439 g/mol. The molecule has 2 aromatic carbocycles. The Morgan fingerprint density at radius 1 is 1.06 bits per heavy atom. The molecule has 2 aromatic rings. The van der Waals surface area contributed by atoms with E-state index in [1.165, 1.54) is 11.3 Å². The van der Waals surface area contributed by atoms with Gasteiger partial charge in [-0.25, -0.2) is 0 Å². The highest BCUT2D eigenvalue weighted by Crippen LogP contribution is 2.50. The van der Waals surface area contributed by atoms with E-state index >= 15 is 0 Å². The number of carbonyl (C=O) groups is 1. The lowest BCUT2D eigenvalue weighted by molar-refractivity contribution is -0.113. The van der Waals surface area contributed by atoms with Crippen molar-refractivity contribution < 1.29 is 9.90 Å². The maximum atomic E-state index is 13.4. The zero-order valence-electron chi connectivity index (χ0n) is 19.9. The van der Waals surface area contributed by atoms with Gasteiger partial charge in [0.2, 0.25) is 5.78 Å². The minimum atomic E-state index is -0.263. The van der Waals surface area contributed by atoms with Gasteiger partial charge in [-0.05, 0) is 43.0 Å². The summed E-state index contributed by atoms with van der Waals surface area (Å²) in [6, 6.07) is 16.2. The molecule has 0 spiro atoms. The molecule has 0 aromatic heterocycles. The van der Waals surface area contributed by atoms with Crippen LogP contribution >= 0.6 is 0 Å². The topological polar surface area (TPSA) is 52.9 Å². The molecule has 33 heavy (non-hydrogen) atoms. The van der Waals surface area contributed by atoms with Crippen molar-refractivity contribution in [3.05, 3.63) is 88.3 Å². The van der Waals surface area contributed by atoms with Gasteiger partial charge in [-0.2, -0.15) is 0 Å². The maximum Gasteiger partial charge on any atom is 0.201 e. The molecule has 4 nitrogen and oxygen atoms in total. The number of ketones is 1. The number of allylic oxidation sites excluding steroid dienone is 5. The molecule has 0 amide bonds. The molecule has 0 fully saturated rings. The smallest absolute Gasteiger partial charge is 0.201 e. The van der Waals surface area contributed by atoms with Crippen molar-refractivity contribution in [3.8, 4) is 0 Å². The van der Waals surface area contributed by atoms with E-state index in [0.717, 1.165) is 41.2 Å². The van der Waals surface area contributed by atoms with Gasteiger partial charge in [0.05, 0.1) is 16.8 Å². The van der Waals surface area contributed by atoms with Gasteiger partial charge in [-0.15, -0.1) is 0 Å². The first-order chi connectivity index (χ1) is 15.7. The van der Waals surface area contributed by atoms with E-state index in [-0.39, 0.29) is 17.0 Å². The van der Waals surface area contributed by atoms with Gasteiger partial charge in [0.25, 0.3) is 0 Å². The molecule has 2 heterocycles. The van der Waals surface area contributed by atoms with E-state index in [4.69, 9.17) is 0 Å². The predicted octanol–water partition coefficient (Wildman–Crippen LogP) is 6.67. The average Bonchev–Trinajstić information content (AvgIpc) is 3.21. The summed E-state index contributed by atoms with van der Waals surface area (Å²) in [6.45, 7) is 11.6. The van der Waals surface area contributed by atoms with Crippen LogP contribution in [0.4, 0.5) is 11.4 Å². The van der Waals surface area contributed by atoms with Crippen LogP contribution < -0.4 is 4.90 Å². The predicted molar refractivity (Wildman–Crippen MR) is 135 cm³/mol. The number of Topliss-reactive ketones (excluding diaryl/α,β-unsaturated/α-hetero) is 1. The molecule has 0 atom stereocenters. The Balaban J connectivity index is 1.61. The third-order valence-corrected chi connectivity index (χ3v) is 7.05. The first-order valence-electron chi connectivity index (χ1n) is 11.7. The highest BCUT2D eigenvalue weighted by Gasteiger charge is 2.43. The number of benzene rings is 2. The lowest BCUT2D eigenvalue weighted by Crippen LogP contribution is -2.30. The molecular weight excluding hydrogens is 408 g/mol. The van der Waals surface area contributed by atoms with Crippen LogP contribution in [0.15, 0.2) is 82.2 Å². The Morgan fingerprint density at radius 3 is 2.48 bits per heavy atom. The number of nitrogens with zero attached hydrogens (tertiary/aromatic N) is 2. The van der Waals surface area contributed by atoms with Crippen molar-refractivity contribution in [2.75, 3.05) is 11.4 Å². The molecule has 0 saturated carbocycles. The molecular formula is C29H30N2O2. The molecule has 168 valence electrons. The van der Waals surface area contributed by atoms with Gasteiger partial charge in [-0.3, -0.25) is 9.79 Å². The number of carbonyl (C=O) groups excluding carboxylic acids is 1. The highest BCUT2D eigenvalue weighted by atomic mass is 16.3. The van der Waals surface area contributed by atoms with E-state index in [1.807, 2.05) is 37.3 Å². The summed E-state index contributed by atoms with van der Waals surface area (Å²) in [4.78, 5) is 20.3. The van der Waals surface area contributed by atoms with Crippen LogP contribution in [0.25, 0.3) is 5.57 Å². The van der Waals surface area contributed by atoms with Gasteiger partial charge in [-0.1, -0.05) is 64.1 Å². The first-order valence-corrected chi connectivity index (χ1v) is 11.7. The van der Waals surface area contributed by atoms with Crippen LogP contribution in [0.1, 0.15) is 52.2 Å². The Bertz CT molecular complexity index is 1300. The Morgan fingerprint density at radius 2 is 1.76 bits per heavy atom. The minimum absolute atomic E-state index is 0.0734. The lowest BCUT2D eigenvalue weighted by Gasteiger charge is -2.30.